The average molecular weight is 302 g/mol. The Bertz CT molecular complexity index is 565. The first-order valence-corrected chi connectivity index (χ1v) is 8.64. The molecule has 1 aliphatic heterocycles. The van der Waals surface area contributed by atoms with Gasteiger partial charge in [-0.1, -0.05) is 6.42 Å². The van der Waals surface area contributed by atoms with E-state index < -0.39 is 0 Å². The molecule has 1 aromatic rings. The highest BCUT2D eigenvalue weighted by atomic mass is 16.2. The van der Waals surface area contributed by atoms with E-state index in [1.54, 1.807) is 0 Å². The molecule has 3 aliphatic rings. The lowest BCUT2D eigenvalue weighted by Crippen LogP contribution is -2.41. The first-order chi connectivity index (χ1) is 10.7. The molecule has 1 amide bonds. The fourth-order valence-electron chi connectivity index (χ4n) is 4.45. The van der Waals surface area contributed by atoms with Crippen LogP contribution < -0.4 is 5.32 Å². The second kappa shape index (κ2) is 5.37. The van der Waals surface area contributed by atoms with Crippen LogP contribution in [0.1, 0.15) is 44.2 Å². The summed E-state index contributed by atoms with van der Waals surface area (Å²) in [5.74, 6) is 0.576. The summed E-state index contributed by atoms with van der Waals surface area (Å²) in [5.41, 5.74) is 1.49. The molecule has 5 nitrogen and oxygen atoms in total. The molecule has 1 aromatic heterocycles. The zero-order valence-corrected chi connectivity index (χ0v) is 13.4. The summed E-state index contributed by atoms with van der Waals surface area (Å²) < 4.78 is 2.09. The fraction of sp³-hybridized carbons (Fsp3) is 0.765. The molecule has 1 saturated heterocycles. The van der Waals surface area contributed by atoms with E-state index in [9.17, 15) is 4.79 Å². The molecule has 1 N–H and O–H groups in total. The van der Waals surface area contributed by atoms with E-state index in [0.717, 1.165) is 26.1 Å². The van der Waals surface area contributed by atoms with Crippen LogP contribution >= 0.6 is 0 Å². The van der Waals surface area contributed by atoms with E-state index in [4.69, 9.17) is 0 Å². The number of rotatable bonds is 4. The summed E-state index contributed by atoms with van der Waals surface area (Å²) in [5, 5.41) is 3.24. The first-order valence-electron chi connectivity index (χ1n) is 8.64. The number of aromatic nitrogens is 2. The average Bonchev–Trinajstić information content (AvgIpc) is 2.91. The van der Waals surface area contributed by atoms with Gasteiger partial charge in [0.1, 0.15) is 0 Å². The van der Waals surface area contributed by atoms with Crippen molar-refractivity contribution in [3.05, 3.63) is 18.2 Å². The smallest absolute Gasteiger partial charge is 0.223 e. The molecule has 4 rings (SSSR count). The number of hydrogen-bond acceptors (Lipinski definition) is 3. The number of hydrogen-bond donors (Lipinski definition) is 1. The lowest BCUT2D eigenvalue weighted by Gasteiger charge is -2.30. The Morgan fingerprint density at radius 1 is 1.41 bits per heavy atom. The van der Waals surface area contributed by atoms with E-state index in [2.05, 4.69) is 26.8 Å². The van der Waals surface area contributed by atoms with Crippen molar-refractivity contribution in [2.24, 2.45) is 18.4 Å². The van der Waals surface area contributed by atoms with Crippen LogP contribution in [0.5, 0.6) is 0 Å². The van der Waals surface area contributed by atoms with Gasteiger partial charge >= 0.3 is 0 Å². The maximum atomic E-state index is 12.6. The summed E-state index contributed by atoms with van der Waals surface area (Å²) >= 11 is 0. The summed E-state index contributed by atoms with van der Waals surface area (Å²) in [6.07, 6.45) is 10.9. The van der Waals surface area contributed by atoms with Crippen molar-refractivity contribution in [2.45, 2.75) is 51.1 Å². The third-order valence-electron chi connectivity index (χ3n) is 5.91. The van der Waals surface area contributed by atoms with E-state index in [-0.39, 0.29) is 11.3 Å². The fourth-order valence-corrected chi connectivity index (χ4v) is 4.45. The van der Waals surface area contributed by atoms with Crippen molar-refractivity contribution < 1.29 is 4.79 Å². The van der Waals surface area contributed by atoms with E-state index in [1.165, 1.54) is 37.8 Å². The van der Waals surface area contributed by atoms with Crippen LogP contribution in [0, 0.1) is 11.3 Å². The van der Waals surface area contributed by atoms with Crippen molar-refractivity contribution in [3.63, 3.8) is 0 Å². The second-order valence-corrected chi connectivity index (χ2v) is 7.55. The highest BCUT2D eigenvalue weighted by molar-refractivity contribution is 5.80. The Morgan fingerprint density at radius 3 is 3.00 bits per heavy atom. The molecule has 0 aromatic carbocycles. The standard InChI is InChI=1S/C17H26N4O/c1-20-12-18-9-14(20)10-21-8-7-17(11-21)6-2-3-15(17)16(22)19-13-4-5-13/h9,12-13,15H,2-8,10-11H2,1H3,(H,19,22)/t15-,17+/m1/s1. The third-order valence-corrected chi connectivity index (χ3v) is 5.91. The molecule has 22 heavy (non-hydrogen) atoms. The van der Waals surface area contributed by atoms with Crippen LogP contribution in [-0.2, 0) is 18.4 Å². The van der Waals surface area contributed by atoms with E-state index in [0.29, 0.717) is 11.9 Å². The topological polar surface area (TPSA) is 50.2 Å². The predicted molar refractivity (Wildman–Crippen MR) is 84.0 cm³/mol. The van der Waals surface area contributed by atoms with E-state index in [1.807, 2.05) is 12.5 Å². The van der Waals surface area contributed by atoms with Crippen molar-refractivity contribution >= 4 is 5.91 Å². The highest BCUT2D eigenvalue weighted by Crippen LogP contribution is 2.50. The quantitative estimate of drug-likeness (QED) is 0.921. The molecule has 0 radical (unpaired) electrons. The van der Waals surface area contributed by atoms with Gasteiger partial charge in [0, 0.05) is 38.3 Å². The number of carbonyl (C=O) groups excluding carboxylic acids is 1. The number of likely N-dealkylation sites (tertiary alicyclic amines) is 1. The molecule has 0 unspecified atom stereocenters. The van der Waals surface area contributed by atoms with Crippen molar-refractivity contribution in [3.8, 4) is 0 Å². The zero-order chi connectivity index (χ0) is 15.2. The third kappa shape index (κ3) is 2.56. The monoisotopic (exact) mass is 302 g/mol. The van der Waals surface area contributed by atoms with Gasteiger partial charge in [0.15, 0.2) is 0 Å². The Morgan fingerprint density at radius 2 is 2.27 bits per heavy atom. The number of aryl methyl sites for hydroxylation is 1. The molecule has 1 spiro atoms. The van der Waals surface area contributed by atoms with Gasteiger partial charge in [-0.3, -0.25) is 9.69 Å². The van der Waals surface area contributed by atoms with Gasteiger partial charge in [-0.2, -0.15) is 0 Å². The summed E-state index contributed by atoms with van der Waals surface area (Å²) in [4.78, 5) is 19.3. The van der Waals surface area contributed by atoms with Crippen LogP contribution in [0.4, 0.5) is 0 Å². The highest BCUT2D eigenvalue weighted by Gasteiger charge is 2.50. The van der Waals surface area contributed by atoms with Crippen molar-refractivity contribution in [1.82, 2.24) is 19.8 Å². The molecule has 2 atom stereocenters. The van der Waals surface area contributed by atoms with Crippen LogP contribution in [-0.4, -0.2) is 39.5 Å². The first kappa shape index (κ1) is 14.2. The second-order valence-electron chi connectivity index (χ2n) is 7.55. The molecular formula is C17H26N4O. The maximum absolute atomic E-state index is 12.6. The lowest BCUT2D eigenvalue weighted by atomic mass is 9.76. The molecule has 5 heteroatoms. The summed E-state index contributed by atoms with van der Waals surface area (Å²) in [6, 6.07) is 0.483. The summed E-state index contributed by atoms with van der Waals surface area (Å²) in [6.45, 7) is 3.13. The molecule has 120 valence electrons. The largest absolute Gasteiger partial charge is 0.353 e. The molecule has 2 saturated carbocycles. The Labute approximate surface area is 132 Å². The zero-order valence-electron chi connectivity index (χ0n) is 13.4. The SMILES string of the molecule is Cn1cncc1CN1CC[C@@]2(CCC[C@@H]2C(=O)NC2CC2)C1. The van der Waals surface area contributed by atoms with Crippen LogP contribution in [0.15, 0.2) is 12.5 Å². The van der Waals surface area contributed by atoms with Crippen molar-refractivity contribution in [1.29, 1.82) is 0 Å². The predicted octanol–water partition coefficient (Wildman–Crippen LogP) is 1.69. The number of carbonyl (C=O) groups is 1. The normalized spacial score (nSPS) is 32.0. The number of amides is 1. The molecule has 2 heterocycles. The minimum Gasteiger partial charge on any atom is -0.353 e. The Kier molecular flexibility index (Phi) is 3.48. The van der Waals surface area contributed by atoms with Gasteiger partial charge in [0.25, 0.3) is 0 Å². The minimum absolute atomic E-state index is 0.234. The van der Waals surface area contributed by atoms with Crippen LogP contribution in [0.2, 0.25) is 0 Å². The van der Waals surface area contributed by atoms with Gasteiger partial charge in [-0.25, -0.2) is 4.98 Å². The van der Waals surface area contributed by atoms with Crippen LogP contribution in [0.25, 0.3) is 0 Å². The van der Waals surface area contributed by atoms with Gasteiger partial charge < -0.3 is 9.88 Å². The van der Waals surface area contributed by atoms with E-state index >= 15 is 0 Å². The van der Waals surface area contributed by atoms with Crippen molar-refractivity contribution in [2.75, 3.05) is 13.1 Å². The number of imidazole rings is 1. The van der Waals surface area contributed by atoms with Gasteiger partial charge in [0.2, 0.25) is 5.91 Å². The lowest BCUT2D eigenvalue weighted by molar-refractivity contribution is -0.128. The van der Waals surface area contributed by atoms with Gasteiger partial charge in [-0.15, -0.1) is 0 Å². The minimum atomic E-state index is 0.234. The molecular weight excluding hydrogens is 276 g/mol. The maximum Gasteiger partial charge on any atom is 0.223 e. The summed E-state index contributed by atoms with van der Waals surface area (Å²) in [7, 11) is 2.05. The Hall–Kier alpha value is -1.36. The van der Waals surface area contributed by atoms with Gasteiger partial charge in [0.05, 0.1) is 12.0 Å². The molecule has 0 bridgehead atoms. The Balaban J connectivity index is 1.43. The van der Waals surface area contributed by atoms with Gasteiger partial charge in [-0.05, 0) is 44.1 Å². The molecule has 3 fully saturated rings. The number of nitrogens with one attached hydrogen (secondary N) is 1. The molecule has 2 aliphatic carbocycles. The van der Waals surface area contributed by atoms with Crippen LogP contribution in [0.3, 0.4) is 0 Å². The number of nitrogens with zero attached hydrogens (tertiary/aromatic N) is 3.